The number of thioether (sulfide) groups is 1. The molecule has 1 heterocycles. The van der Waals surface area contributed by atoms with Crippen LogP contribution >= 0.6 is 11.8 Å². The van der Waals surface area contributed by atoms with Crippen LogP contribution in [0.25, 0.3) is 0 Å². The van der Waals surface area contributed by atoms with Crippen molar-refractivity contribution in [3.05, 3.63) is 35.4 Å². The lowest BCUT2D eigenvalue weighted by atomic mass is 10.1. The van der Waals surface area contributed by atoms with Crippen molar-refractivity contribution in [3.8, 4) is 0 Å². The molecule has 1 atom stereocenters. The highest BCUT2D eigenvalue weighted by Crippen LogP contribution is 2.30. The van der Waals surface area contributed by atoms with Crippen molar-refractivity contribution in [1.82, 2.24) is 10.2 Å². The molecule has 1 N–H and O–H groups in total. The highest BCUT2D eigenvalue weighted by Gasteiger charge is 2.36. The van der Waals surface area contributed by atoms with Crippen molar-refractivity contribution in [3.63, 3.8) is 0 Å². The molecule has 2 fully saturated rings. The normalized spacial score (nSPS) is 21.9. The van der Waals surface area contributed by atoms with Crippen LogP contribution in [0.5, 0.6) is 0 Å². The van der Waals surface area contributed by atoms with E-state index in [9.17, 15) is 4.79 Å². The van der Waals surface area contributed by atoms with E-state index in [-0.39, 0.29) is 11.9 Å². The zero-order valence-corrected chi connectivity index (χ0v) is 12.8. The molecule has 20 heavy (non-hydrogen) atoms. The van der Waals surface area contributed by atoms with Crippen LogP contribution in [0, 0.1) is 0 Å². The zero-order chi connectivity index (χ0) is 13.9. The minimum Gasteiger partial charge on any atom is -0.334 e. The molecule has 4 heteroatoms. The van der Waals surface area contributed by atoms with E-state index in [1.165, 1.54) is 24.0 Å². The first-order valence-corrected chi connectivity index (χ1v) is 8.63. The summed E-state index contributed by atoms with van der Waals surface area (Å²) < 4.78 is 0. The van der Waals surface area contributed by atoms with Crippen LogP contribution in [0.3, 0.4) is 0 Å². The summed E-state index contributed by atoms with van der Waals surface area (Å²) in [7, 11) is 0. The minimum atomic E-state index is 0.0236. The number of hydrogen-bond donors (Lipinski definition) is 1. The molecule has 1 saturated carbocycles. The number of aryl methyl sites for hydroxylation is 1. The van der Waals surface area contributed by atoms with Crippen molar-refractivity contribution >= 4 is 17.7 Å². The molecule has 1 saturated heterocycles. The van der Waals surface area contributed by atoms with Gasteiger partial charge in [-0.1, -0.05) is 31.2 Å². The van der Waals surface area contributed by atoms with Gasteiger partial charge in [-0.05, 0) is 30.4 Å². The predicted molar refractivity (Wildman–Crippen MR) is 83.6 cm³/mol. The van der Waals surface area contributed by atoms with E-state index in [1.54, 1.807) is 0 Å². The van der Waals surface area contributed by atoms with Gasteiger partial charge in [-0.2, -0.15) is 0 Å². The standard InChI is InChI=1S/C16H22N2OS/c1-2-12-3-5-13(6-4-12)9-18(14-7-8-14)16(19)15-10-20-11-17-15/h3-6,14-15,17H,2,7-11H2,1H3. The Bertz CT molecular complexity index is 464. The van der Waals surface area contributed by atoms with Gasteiger partial charge in [0, 0.05) is 24.2 Å². The Morgan fingerprint density at radius 2 is 2.00 bits per heavy atom. The van der Waals surface area contributed by atoms with E-state index in [0.29, 0.717) is 6.04 Å². The molecule has 2 aliphatic rings. The monoisotopic (exact) mass is 290 g/mol. The molecular formula is C16H22N2OS. The Hall–Kier alpha value is -1.00. The predicted octanol–water partition coefficient (Wildman–Crippen LogP) is 2.40. The molecular weight excluding hydrogens is 268 g/mol. The summed E-state index contributed by atoms with van der Waals surface area (Å²) in [6.07, 6.45) is 3.39. The minimum absolute atomic E-state index is 0.0236. The van der Waals surface area contributed by atoms with Gasteiger partial charge in [0.15, 0.2) is 0 Å². The van der Waals surface area contributed by atoms with E-state index in [2.05, 4.69) is 41.4 Å². The van der Waals surface area contributed by atoms with Crippen molar-refractivity contribution in [2.45, 2.75) is 44.8 Å². The van der Waals surface area contributed by atoms with E-state index in [1.807, 2.05) is 11.8 Å². The molecule has 108 valence electrons. The average Bonchev–Trinajstić information content (AvgIpc) is 3.18. The summed E-state index contributed by atoms with van der Waals surface area (Å²) in [6, 6.07) is 9.18. The fourth-order valence-electron chi connectivity index (χ4n) is 2.60. The maximum atomic E-state index is 12.6. The van der Waals surface area contributed by atoms with E-state index in [0.717, 1.165) is 24.6 Å². The third-order valence-electron chi connectivity index (χ3n) is 4.07. The van der Waals surface area contributed by atoms with Crippen LogP contribution in [-0.4, -0.2) is 34.5 Å². The summed E-state index contributed by atoms with van der Waals surface area (Å²) >= 11 is 1.81. The first-order chi connectivity index (χ1) is 9.78. The molecule has 1 aromatic rings. The van der Waals surface area contributed by atoms with E-state index >= 15 is 0 Å². The molecule has 0 bridgehead atoms. The zero-order valence-electron chi connectivity index (χ0n) is 12.0. The SMILES string of the molecule is CCc1ccc(CN(C(=O)C2CSCN2)C2CC2)cc1. The maximum Gasteiger partial charge on any atom is 0.241 e. The summed E-state index contributed by atoms with van der Waals surface area (Å²) in [5.41, 5.74) is 2.60. The van der Waals surface area contributed by atoms with Gasteiger partial charge in [-0.3, -0.25) is 10.1 Å². The highest BCUT2D eigenvalue weighted by atomic mass is 32.2. The molecule has 1 unspecified atom stereocenters. The van der Waals surface area contributed by atoms with Crippen LogP contribution in [-0.2, 0) is 17.8 Å². The molecule has 1 amide bonds. The van der Waals surface area contributed by atoms with Crippen LogP contribution in [0.4, 0.5) is 0 Å². The van der Waals surface area contributed by atoms with Gasteiger partial charge in [0.1, 0.15) is 0 Å². The molecule has 3 rings (SSSR count). The smallest absolute Gasteiger partial charge is 0.241 e. The van der Waals surface area contributed by atoms with Crippen molar-refractivity contribution in [2.75, 3.05) is 11.6 Å². The molecule has 0 spiro atoms. The second-order valence-electron chi connectivity index (χ2n) is 5.64. The van der Waals surface area contributed by atoms with Gasteiger partial charge in [0.05, 0.1) is 6.04 Å². The molecule has 1 aromatic carbocycles. The molecule has 1 aliphatic carbocycles. The van der Waals surface area contributed by atoms with E-state index < -0.39 is 0 Å². The van der Waals surface area contributed by atoms with Crippen LogP contribution in [0.2, 0.25) is 0 Å². The van der Waals surface area contributed by atoms with Gasteiger partial charge in [0.25, 0.3) is 0 Å². The molecule has 1 aliphatic heterocycles. The Morgan fingerprint density at radius 1 is 1.30 bits per heavy atom. The lowest BCUT2D eigenvalue weighted by molar-refractivity contribution is -0.133. The Kier molecular flexibility index (Phi) is 4.32. The average molecular weight is 290 g/mol. The number of carbonyl (C=O) groups is 1. The van der Waals surface area contributed by atoms with Crippen molar-refractivity contribution in [2.24, 2.45) is 0 Å². The number of carbonyl (C=O) groups excluding carboxylic acids is 1. The topological polar surface area (TPSA) is 32.3 Å². The number of benzene rings is 1. The quantitative estimate of drug-likeness (QED) is 0.904. The number of nitrogens with zero attached hydrogens (tertiary/aromatic N) is 1. The Morgan fingerprint density at radius 3 is 2.55 bits per heavy atom. The Balaban J connectivity index is 1.68. The van der Waals surface area contributed by atoms with Crippen LogP contribution in [0.1, 0.15) is 30.9 Å². The fraction of sp³-hybridized carbons (Fsp3) is 0.562. The second-order valence-corrected chi connectivity index (χ2v) is 6.67. The molecule has 0 radical (unpaired) electrons. The van der Waals surface area contributed by atoms with Crippen molar-refractivity contribution < 1.29 is 4.79 Å². The fourth-order valence-corrected chi connectivity index (χ4v) is 3.54. The maximum absolute atomic E-state index is 12.6. The Labute approximate surface area is 125 Å². The van der Waals surface area contributed by atoms with E-state index in [4.69, 9.17) is 0 Å². The van der Waals surface area contributed by atoms with Gasteiger partial charge < -0.3 is 4.90 Å². The lowest BCUT2D eigenvalue weighted by Gasteiger charge is -2.25. The second kappa shape index (κ2) is 6.19. The first-order valence-electron chi connectivity index (χ1n) is 7.47. The highest BCUT2D eigenvalue weighted by molar-refractivity contribution is 7.99. The molecule has 0 aromatic heterocycles. The van der Waals surface area contributed by atoms with Gasteiger partial charge in [0.2, 0.25) is 5.91 Å². The van der Waals surface area contributed by atoms with Crippen molar-refractivity contribution in [1.29, 1.82) is 0 Å². The summed E-state index contributed by atoms with van der Waals surface area (Å²) in [6.45, 7) is 2.93. The third-order valence-corrected chi connectivity index (χ3v) is 5.01. The number of rotatable bonds is 5. The molecule has 3 nitrogen and oxygen atoms in total. The van der Waals surface area contributed by atoms with Gasteiger partial charge in [-0.25, -0.2) is 0 Å². The summed E-state index contributed by atoms with van der Waals surface area (Å²) in [4.78, 5) is 14.7. The number of hydrogen-bond acceptors (Lipinski definition) is 3. The number of amides is 1. The third kappa shape index (κ3) is 3.18. The van der Waals surface area contributed by atoms with Crippen LogP contribution < -0.4 is 5.32 Å². The lowest BCUT2D eigenvalue weighted by Crippen LogP contribution is -2.45. The summed E-state index contributed by atoms with van der Waals surface area (Å²) in [5.74, 6) is 2.11. The number of nitrogens with one attached hydrogen (secondary N) is 1. The summed E-state index contributed by atoms with van der Waals surface area (Å²) in [5, 5.41) is 3.30. The largest absolute Gasteiger partial charge is 0.334 e. The first kappa shape index (κ1) is 14.0. The van der Waals surface area contributed by atoms with Gasteiger partial charge >= 0.3 is 0 Å². The van der Waals surface area contributed by atoms with Gasteiger partial charge in [-0.15, -0.1) is 11.8 Å². The van der Waals surface area contributed by atoms with Crippen LogP contribution in [0.15, 0.2) is 24.3 Å².